The van der Waals surface area contributed by atoms with Crippen LogP contribution in [0.1, 0.15) is 41.7 Å². The van der Waals surface area contributed by atoms with Gasteiger partial charge >= 0.3 is 0 Å². The van der Waals surface area contributed by atoms with E-state index >= 15 is 0 Å². The van der Waals surface area contributed by atoms with Crippen molar-refractivity contribution in [3.05, 3.63) is 29.6 Å². The zero-order valence-corrected chi connectivity index (χ0v) is 11.4. The molecule has 2 aliphatic carbocycles. The molecule has 2 fully saturated rings. The monoisotopic (exact) mass is 270 g/mol. The summed E-state index contributed by atoms with van der Waals surface area (Å²) in [4.78, 5) is 18.9. The summed E-state index contributed by atoms with van der Waals surface area (Å²) in [7, 11) is 0. The normalized spacial score (nSPS) is 17.2. The smallest absolute Gasteiger partial charge is 0.274 e. The van der Waals surface area contributed by atoms with Crippen LogP contribution in [0, 0.1) is 17.8 Å². The predicted octanol–water partition coefficient (Wildman–Crippen LogP) is 1.44. The molecular formula is C16H18N2O2. The van der Waals surface area contributed by atoms with Gasteiger partial charge in [0.15, 0.2) is 0 Å². The van der Waals surface area contributed by atoms with Crippen molar-refractivity contribution in [3.8, 4) is 11.8 Å². The summed E-state index contributed by atoms with van der Waals surface area (Å²) in [6.45, 7) is 0.643. The van der Waals surface area contributed by atoms with Crippen LogP contribution in [-0.4, -0.2) is 40.1 Å². The number of carbonyl (C=O) groups is 1. The molecular weight excluding hydrogens is 252 g/mol. The Labute approximate surface area is 118 Å². The fourth-order valence-electron chi connectivity index (χ4n) is 2.31. The van der Waals surface area contributed by atoms with E-state index in [1.54, 1.807) is 18.3 Å². The van der Waals surface area contributed by atoms with Crippen molar-refractivity contribution in [2.24, 2.45) is 5.92 Å². The largest absolute Gasteiger partial charge is 0.384 e. The van der Waals surface area contributed by atoms with Crippen molar-refractivity contribution < 1.29 is 9.90 Å². The zero-order chi connectivity index (χ0) is 13.9. The van der Waals surface area contributed by atoms with Gasteiger partial charge in [-0.3, -0.25) is 4.79 Å². The first-order chi connectivity index (χ1) is 9.79. The van der Waals surface area contributed by atoms with E-state index in [2.05, 4.69) is 16.8 Å². The number of nitrogens with zero attached hydrogens (tertiary/aromatic N) is 2. The SMILES string of the molecule is O=C(c1ncccc1C#CCO)N(CC1CC1)C1CC1. The lowest BCUT2D eigenvalue weighted by Gasteiger charge is -2.22. The highest BCUT2D eigenvalue weighted by Crippen LogP contribution is 2.35. The van der Waals surface area contributed by atoms with Crippen molar-refractivity contribution in [1.82, 2.24) is 9.88 Å². The molecule has 1 N–H and O–H groups in total. The van der Waals surface area contributed by atoms with E-state index < -0.39 is 0 Å². The molecule has 2 aliphatic rings. The molecule has 2 saturated carbocycles. The van der Waals surface area contributed by atoms with Gasteiger partial charge in [0.25, 0.3) is 5.91 Å². The topological polar surface area (TPSA) is 53.4 Å². The number of aliphatic hydroxyl groups is 1. The average Bonchev–Trinajstić information content (AvgIpc) is 3.35. The van der Waals surface area contributed by atoms with E-state index in [0.29, 0.717) is 23.2 Å². The average molecular weight is 270 g/mol. The Morgan fingerprint density at radius 3 is 2.85 bits per heavy atom. The zero-order valence-electron chi connectivity index (χ0n) is 11.4. The van der Waals surface area contributed by atoms with Crippen molar-refractivity contribution >= 4 is 5.91 Å². The van der Waals surface area contributed by atoms with E-state index in [9.17, 15) is 4.79 Å². The highest BCUT2D eigenvalue weighted by molar-refractivity contribution is 5.95. The third-order valence-electron chi connectivity index (χ3n) is 3.71. The van der Waals surface area contributed by atoms with Crippen LogP contribution in [0.25, 0.3) is 0 Å². The maximum Gasteiger partial charge on any atom is 0.274 e. The molecule has 4 heteroatoms. The molecule has 1 aromatic rings. The van der Waals surface area contributed by atoms with Crippen molar-refractivity contribution in [2.45, 2.75) is 31.7 Å². The van der Waals surface area contributed by atoms with E-state index in [1.165, 1.54) is 12.8 Å². The van der Waals surface area contributed by atoms with Crippen LogP contribution in [0.3, 0.4) is 0 Å². The highest BCUT2D eigenvalue weighted by atomic mass is 16.2. The van der Waals surface area contributed by atoms with Gasteiger partial charge in [-0.25, -0.2) is 4.98 Å². The lowest BCUT2D eigenvalue weighted by Crippen LogP contribution is -2.35. The molecule has 1 heterocycles. The molecule has 0 aromatic carbocycles. The Kier molecular flexibility index (Phi) is 3.70. The van der Waals surface area contributed by atoms with Gasteiger partial charge in [-0.1, -0.05) is 11.8 Å². The van der Waals surface area contributed by atoms with Crippen molar-refractivity contribution in [3.63, 3.8) is 0 Å². The third-order valence-corrected chi connectivity index (χ3v) is 3.71. The summed E-state index contributed by atoms with van der Waals surface area (Å²) >= 11 is 0. The van der Waals surface area contributed by atoms with Crippen molar-refractivity contribution in [2.75, 3.05) is 13.2 Å². The van der Waals surface area contributed by atoms with Crippen LogP contribution in [0.4, 0.5) is 0 Å². The van der Waals surface area contributed by atoms with E-state index in [4.69, 9.17) is 5.11 Å². The molecule has 0 spiro atoms. The molecule has 20 heavy (non-hydrogen) atoms. The van der Waals surface area contributed by atoms with Crippen LogP contribution in [0.2, 0.25) is 0 Å². The molecule has 0 bridgehead atoms. The second-order valence-corrected chi connectivity index (χ2v) is 5.49. The summed E-state index contributed by atoms with van der Waals surface area (Å²) in [6.07, 6.45) is 6.29. The van der Waals surface area contributed by atoms with Gasteiger partial charge < -0.3 is 10.0 Å². The second kappa shape index (κ2) is 5.64. The standard InChI is InChI=1S/C16H18N2O2/c19-10-2-4-13-3-1-9-17-15(13)16(20)18(14-7-8-14)11-12-5-6-12/h1,3,9,12,14,19H,5-8,10-11H2. The van der Waals surface area contributed by atoms with Gasteiger partial charge in [0.2, 0.25) is 0 Å². The minimum atomic E-state index is -0.211. The summed E-state index contributed by atoms with van der Waals surface area (Å²) < 4.78 is 0. The number of aromatic nitrogens is 1. The van der Waals surface area contributed by atoms with Crippen LogP contribution < -0.4 is 0 Å². The Morgan fingerprint density at radius 2 is 2.20 bits per heavy atom. The maximum absolute atomic E-state index is 12.7. The number of rotatable bonds is 4. The molecule has 104 valence electrons. The number of pyridine rings is 1. The fraction of sp³-hybridized carbons (Fsp3) is 0.500. The van der Waals surface area contributed by atoms with Crippen LogP contribution >= 0.6 is 0 Å². The molecule has 3 rings (SSSR count). The van der Waals surface area contributed by atoms with Gasteiger partial charge in [-0.2, -0.15) is 0 Å². The van der Waals surface area contributed by atoms with E-state index in [1.807, 2.05) is 4.90 Å². The number of carbonyl (C=O) groups excluding carboxylic acids is 1. The van der Waals surface area contributed by atoms with E-state index in [0.717, 1.165) is 19.4 Å². The summed E-state index contributed by atoms with van der Waals surface area (Å²) in [5.41, 5.74) is 1.02. The first-order valence-electron chi connectivity index (χ1n) is 7.15. The lowest BCUT2D eigenvalue weighted by atomic mass is 10.1. The van der Waals surface area contributed by atoms with Crippen LogP contribution in [-0.2, 0) is 0 Å². The Bertz CT molecular complexity index is 565. The maximum atomic E-state index is 12.7. The quantitative estimate of drug-likeness (QED) is 0.842. The molecule has 4 nitrogen and oxygen atoms in total. The first kappa shape index (κ1) is 13.1. The minimum absolute atomic E-state index is 0.0118. The fourth-order valence-corrected chi connectivity index (χ4v) is 2.31. The molecule has 0 unspecified atom stereocenters. The molecule has 0 aliphatic heterocycles. The van der Waals surface area contributed by atoms with Gasteiger partial charge in [-0.05, 0) is 43.7 Å². The van der Waals surface area contributed by atoms with Crippen molar-refractivity contribution in [1.29, 1.82) is 0 Å². The third kappa shape index (κ3) is 3.00. The Balaban J connectivity index is 1.84. The van der Waals surface area contributed by atoms with Gasteiger partial charge in [0, 0.05) is 18.8 Å². The predicted molar refractivity (Wildman–Crippen MR) is 75.0 cm³/mol. The highest BCUT2D eigenvalue weighted by Gasteiger charge is 2.37. The van der Waals surface area contributed by atoms with E-state index in [-0.39, 0.29) is 12.5 Å². The lowest BCUT2D eigenvalue weighted by molar-refractivity contribution is 0.0728. The number of hydrogen-bond donors (Lipinski definition) is 1. The minimum Gasteiger partial charge on any atom is -0.384 e. The molecule has 1 aromatic heterocycles. The van der Waals surface area contributed by atoms with Crippen LogP contribution in [0.5, 0.6) is 0 Å². The second-order valence-electron chi connectivity index (χ2n) is 5.49. The van der Waals surface area contributed by atoms with Crippen LogP contribution in [0.15, 0.2) is 18.3 Å². The van der Waals surface area contributed by atoms with Gasteiger partial charge in [0.05, 0.1) is 5.56 Å². The summed E-state index contributed by atoms with van der Waals surface area (Å²) in [6, 6.07) is 3.94. The Hall–Kier alpha value is -1.86. The number of hydrogen-bond acceptors (Lipinski definition) is 3. The Morgan fingerprint density at radius 1 is 1.40 bits per heavy atom. The summed E-state index contributed by atoms with van der Waals surface area (Å²) in [5.74, 6) is 6.07. The number of amides is 1. The molecule has 1 amide bonds. The van der Waals surface area contributed by atoms with Gasteiger partial charge in [-0.15, -0.1) is 0 Å². The molecule has 0 atom stereocenters. The number of aliphatic hydroxyl groups excluding tert-OH is 1. The molecule has 0 saturated heterocycles. The van der Waals surface area contributed by atoms with Gasteiger partial charge in [0.1, 0.15) is 12.3 Å². The first-order valence-corrected chi connectivity index (χ1v) is 7.15. The molecule has 0 radical (unpaired) electrons. The summed E-state index contributed by atoms with van der Waals surface area (Å²) in [5, 5.41) is 8.80.